The first-order chi connectivity index (χ1) is 18.1. The van der Waals surface area contributed by atoms with Crippen LogP contribution in [0.15, 0.2) is 71.7 Å². The van der Waals surface area contributed by atoms with Crippen LogP contribution < -0.4 is 4.90 Å². The summed E-state index contributed by atoms with van der Waals surface area (Å²) in [5.74, 6) is -1.31. The molecule has 0 radical (unpaired) electrons. The molecule has 0 fully saturated rings. The first-order valence-electron chi connectivity index (χ1n) is 11.7. The summed E-state index contributed by atoms with van der Waals surface area (Å²) in [6, 6.07) is 10.9. The number of aromatic carboxylic acids is 1. The van der Waals surface area contributed by atoms with Gasteiger partial charge in [-0.15, -0.1) is 0 Å². The van der Waals surface area contributed by atoms with Crippen molar-refractivity contribution in [2.24, 2.45) is 4.99 Å². The molecule has 0 amide bonds. The lowest BCUT2D eigenvalue weighted by molar-refractivity contribution is -0.138. The number of aliphatic hydroxyl groups is 1. The second-order valence-electron chi connectivity index (χ2n) is 9.79. The van der Waals surface area contributed by atoms with E-state index in [2.05, 4.69) is 4.99 Å². The summed E-state index contributed by atoms with van der Waals surface area (Å²) in [7, 11) is 0. The third kappa shape index (κ3) is 4.36. The molecule has 2 N–H and O–H groups in total. The van der Waals surface area contributed by atoms with Crippen LogP contribution in [-0.4, -0.2) is 28.1 Å². The van der Waals surface area contributed by atoms with Crippen LogP contribution in [0.5, 0.6) is 0 Å². The van der Waals surface area contributed by atoms with Crippen molar-refractivity contribution in [2.45, 2.75) is 37.7 Å². The van der Waals surface area contributed by atoms with Gasteiger partial charge in [0, 0.05) is 22.2 Å². The van der Waals surface area contributed by atoms with Crippen molar-refractivity contribution in [3.63, 3.8) is 0 Å². The molecule has 1 heterocycles. The molecule has 0 aromatic heterocycles. The number of hydrogen-bond acceptors (Lipinski definition) is 3. The Balaban J connectivity index is 1.79. The van der Waals surface area contributed by atoms with Crippen molar-refractivity contribution in [1.82, 2.24) is 0 Å². The zero-order chi connectivity index (χ0) is 28.5. The molecule has 2 aliphatic rings. The maximum Gasteiger partial charge on any atom is 0.416 e. The highest BCUT2D eigenvalue weighted by Gasteiger charge is 2.45. The number of halogens is 6. The van der Waals surface area contributed by atoms with Gasteiger partial charge in [0.15, 0.2) is 0 Å². The first-order valence-corrected chi connectivity index (χ1v) is 11.7. The van der Waals surface area contributed by atoms with Gasteiger partial charge in [0.1, 0.15) is 5.84 Å². The van der Waals surface area contributed by atoms with Crippen LogP contribution in [-0.2, 0) is 17.8 Å². The Morgan fingerprint density at radius 1 is 0.846 bits per heavy atom. The minimum atomic E-state index is -4.60. The number of benzene rings is 3. The lowest BCUT2D eigenvalue weighted by Gasteiger charge is -2.36. The Hall–Kier alpha value is -4.12. The molecule has 1 unspecified atom stereocenters. The van der Waals surface area contributed by atoms with Crippen LogP contribution in [0.2, 0.25) is 0 Å². The van der Waals surface area contributed by atoms with Gasteiger partial charge in [-0.25, -0.2) is 9.79 Å². The summed E-state index contributed by atoms with van der Waals surface area (Å²) >= 11 is 0. The van der Waals surface area contributed by atoms with Gasteiger partial charge in [-0.05, 0) is 66.2 Å². The fourth-order valence-corrected chi connectivity index (χ4v) is 4.84. The summed E-state index contributed by atoms with van der Waals surface area (Å²) in [6.07, 6.45) is -8.76. The average Bonchev–Trinajstić information content (AvgIpc) is 3.15. The maximum absolute atomic E-state index is 13.2. The molecule has 0 saturated heterocycles. The number of anilines is 1. The molecular weight excluding hydrogens is 526 g/mol. The summed E-state index contributed by atoms with van der Waals surface area (Å²) < 4.78 is 79.0. The zero-order valence-corrected chi connectivity index (χ0v) is 20.4. The SMILES string of the molecule is CC1(C)c2ccc(C(=O)O)c3c2C(=CC1O)N(c1ccc(C(F)(F)F)cc1)C3=Nc1ccc(C(F)(F)F)cc1. The van der Waals surface area contributed by atoms with E-state index >= 15 is 0 Å². The number of carbonyl (C=O) groups is 1. The Labute approximate surface area is 218 Å². The molecular formula is C28H20F6N2O3. The lowest BCUT2D eigenvalue weighted by atomic mass is 9.72. The van der Waals surface area contributed by atoms with E-state index in [4.69, 9.17) is 0 Å². The van der Waals surface area contributed by atoms with Crippen molar-refractivity contribution < 1.29 is 41.4 Å². The molecule has 3 aromatic carbocycles. The molecule has 202 valence electrons. The van der Waals surface area contributed by atoms with E-state index < -0.39 is 41.0 Å². The number of alkyl halides is 6. The summed E-state index contributed by atoms with van der Waals surface area (Å²) in [5.41, 5.74) is -1.13. The summed E-state index contributed by atoms with van der Waals surface area (Å²) in [6.45, 7) is 3.52. The number of carboxylic acids is 1. The molecule has 5 rings (SSSR count). The number of carboxylic acid groups (broad SMARTS) is 1. The number of rotatable bonds is 3. The standard InChI is InChI=1S/C28H20F6N2O3/c1-26(2)19-12-11-18(25(38)39)22-23(19)20(13-21(26)37)36(17-9-5-15(6-10-17)28(32,33)34)24(22)35-16-7-3-14(4-8-16)27(29,30)31/h3-13,21,37H,1-2H3,(H,38,39). The Morgan fingerprint density at radius 3 is 1.90 bits per heavy atom. The van der Waals surface area contributed by atoms with Crippen molar-refractivity contribution in [2.75, 3.05) is 4.90 Å². The van der Waals surface area contributed by atoms with Gasteiger partial charge >= 0.3 is 18.3 Å². The van der Waals surface area contributed by atoms with Crippen LogP contribution in [0.25, 0.3) is 5.70 Å². The topological polar surface area (TPSA) is 73.1 Å². The van der Waals surface area contributed by atoms with Crippen LogP contribution in [0.1, 0.15) is 52.0 Å². The third-order valence-corrected chi connectivity index (χ3v) is 7.00. The number of aliphatic hydroxyl groups excluding tert-OH is 1. The van der Waals surface area contributed by atoms with Crippen molar-refractivity contribution >= 4 is 28.9 Å². The monoisotopic (exact) mass is 546 g/mol. The molecule has 39 heavy (non-hydrogen) atoms. The minimum Gasteiger partial charge on any atom is -0.478 e. The first kappa shape index (κ1) is 26.5. The third-order valence-electron chi connectivity index (χ3n) is 7.00. The highest BCUT2D eigenvalue weighted by molar-refractivity contribution is 6.29. The molecule has 0 bridgehead atoms. The summed E-state index contributed by atoms with van der Waals surface area (Å²) in [5, 5.41) is 21.0. The van der Waals surface area contributed by atoms with E-state index in [9.17, 15) is 41.4 Å². The average molecular weight is 546 g/mol. The van der Waals surface area contributed by atoms with Gasteiger partial charge in [-0.1, -0.05) is 19.9 Å². The van der Waals surface area contributed by atoms with Crippen LogP contribution in [0.4, 0.5) is 37.7 Å². The predicted octanol–water partition coefficient (Wildman–Crippen LogP) is 7.01. The van der Waals surface area contributed by atoms with Gasteiger partial charge in [0.25, 0.3) is 0 Å². The van der Waals surface area contributed by atoms with Crippen molar-refractivity contribution in [3.05, 3.63) is 100 Å². The molecule has 1 aliphatic heterocycles. The van der Waals surface area contributed by atoms with Crippen LogP contribution in [0.3, 0.4) is 0 Å². The van der Waals surface area contributed by atoms with Crippen molar-refractivity contribution in [3.8, 4) is 0 Å². The summed E-state index contributed by atoms with van der Waals surface area (Å²) in [4.78, 5) is 18.2. The van der Waals surface area contributed by atoms with Gasteiger partial charge in [-0.3, -0.25) is 4.90 Å². The lowest BCUT2D eigenvalue weighted by Crippen LogP contribution is -2.37. The van der Waals surface area contributed by atoms with E-state index in [0.29, 0.717) is 16.8 Å². The number of nitrogens with zero attached hydrogens (tertiary/aromatic N) is 2. The van der Waals surface area contributed by atoms with Gasteiger partial charge in [0.2, 0.25) is 0 Å². The largest absolute Gasteiger partial charge is 0.478 e. The molecule has 1 aliphatic carbocycles. The quantitative estimate of drug-likeness (QED) is 0.347. The molecule has 11 heteroatoms. The fraction of sp³-hybridized carbons (Fsp3) is 0.214. The molecule has 3 aromatic rings. The van der Waals surface area contributed by atoms with E-state index in [1.807, 2.05) is 0 Å². The van der Waals surface area contributed by atoms with E-state index in [1.54, 1.807) is 19.9 Å². The normalized spacial score (nSPS) is 19.2. The Bertz CT molecular complexity index is 1540. The van der Waals surface area contributed by atoms with Crippen LogP contribution in [0, 0.1) is 0 Å². The molecule has 5 nitrogen and oxygen atoms in total. The number of hydrogen-bond donors (Lipinski definition) is 2. The highest BCUT2D eigenvalue weighted by atomic mass is 19.4. The minimum absolute atomic E-state index is 0.0140. The van der Waals surface area contributed by atoms with E-state index in [-0.39, 0.29) is 28.3 Å². The second kappa shape index (κ2) is 8.70. The molecule has 1 atom stereocenters. The highest BCUT2D eigenvalue weighted by Crippen LogP contribution is 2.49. The maximum atomic E-state index is 13.2. The van der Waals surface area contributed by atoms with Gasteiger partial charge in [-0.2, -0.15) is 26.3 Å². The second-order valence-corrected chi connectivity index (χ2v) is 9.79. The van der Waals surface area contributed by atoms with Gasteiger partial charge < -0.3 is 10.2 Å². The Kier molecular flexibility index (Phi) is 5.91. The fourth-order valence-electron chi connectivity index (χ4n) is 4.84. The van der Waals surface area contributed by atoms with Crippen LogP contribution >= 0.6 is 0 Å². The molecule has 0 spiro atoms. The molecule has 0 saturated carbocycles. The number of aliphatic imine (C=N–C) groups is 1. The van der Waals surface area contributed by atoms with Gasteiger partial charge in [0.05, 0.1) is 34.2 Å². The van der Waals surface area contributed by atoms with E-state index in [1.165, 1.54) is 29.2 Å². The number of amidine groups is 1. The predicted molar refractivity (Wildman–Crippen MR) is 132 cm³/mol. The Morgan fingerprint density at radius 2 is 1.38 bits per heavy atom. The zero-order valence-electron chi connectivity index (χ0n) is 20.4. The van der Waals surface area contributed by atoms with E-state index in [0.717, 1.165) is 36.4 Å². The van der Waals surface area contributed by atoms with Crippen molar-refractivity contribution in [1.29, 1.82) is 0 Å². The smallest absolute Gasteiger partial charge is 0.416 e.